The zero-order valence-corrected chi connectivity index (χ0v) is 18.1. The van der Waals surface area contributed by atoms with Gasteiger partial charge in [-0.05, 0) is 38.0 Å². The van der Waals surface area contributed by atoms with Crippen LogP contribution < -0.4 is 0 Å². The summed E-state index contributed by atoms with van der Waals surface area (Å²) >= 11 is 0. The minimum atomic E-state index is -4.63. The van der Waals surface area contributed by atoms with Gasteiger partial charge in [0.25, 0.3) is 10.0 Å². The van der Waals surface area contributed by atoms with E-state index in [0.29, 0.717) is 18.2 Å². The van der Waals surface area contributed by atoms with Crippen molar-refractivity contribution in [1.29, 1.82) is 0 Å². The number of hydrogen-bond acceptors (Lipinski definition) is 4. The van der Waals surface area contributed by atoms with Crippen LogP contribution in [0.2, 0.25) is 0 Å². The SMILES string of the molecule is Cc1ccc(S(=O)(=O)n2ccc3c2ncc2nc(C(F)(F)F)n(C4CCCCC4)c23)cc1. The van der Waals surface area contributed by atoms with Gasteiger partial charge >= 0.3 is 6.18 Å². The van der Waals surface area contributed by atoms with Gasteiger partial charge in [0.1, 0.15) is 5.52 Å². The molecule has 0 N–H and O–H groups in total. The highest BCUT2D eigenvalue weighted by Crippen LogP contribution is 2.40. The van der Waals surface area contributed by atoms with E-state index in [1.165, 1.54) is 35.2 Å². The van der Waals surface area contributed by atoms with Crippen molar-refractivity contribution in [3.05, 3.63) is 54.1 Å². The Morgan fingerprint density at radius 1 is 1.03 bits per heavy atom. The Morgan fingerprint density at radius 2 is 1.72 bits per heavy atom. The molecule has 0 amide bonds. The molecule has 5 rings (SSSR count). The third-order valence-corrected chi connectivity index (χ3v) is 7.78. The highest BCUT2D eigenvalue weighted by atomic mass is 32.2. The summed E-state index contributed by atoms with van der Waals surface area (Å²) in [5.41, 5.74) is 1.40. The number of benzene rings is 1. The maximum absolute atomic E-state index is 13.9. The van der Waals surface area contributed by atoms with Crippen LogP contribution in [0.1, 0.15) is 49.5 Å². The zero-order valence-electron chi connectivity index (χ0n) is 17.3. The van der Waals surface area contributed by atoms with E-state index in [1.54, 1.807) is 12.1 Å². The summed E-state index contributed by atoms with van der Waals surface area (Å²) in [6.07, 6.45) is 1.88. The van der Waals surface area contributed by atoms with Crippen LogP contribution in [0.5, 0.6) is 0 Å². The van der Waals surface area contributed by atoms with Crippen LogP contribution >= 0.6 is 0 Å². The molecule has 1 aliphatic carbocycles. The fourth-order valence-corrected chi connectivity index (χ4v) is 5.86. The molecule has 1 fully saturated rings. The minimum absolute atomic E-state index is 0.0827. The normalized spacial score (nSPS) is 16.2. The molecule has 32 heavy (non-hydrogen) atoms. The van der Waals surface area contributed by atoms with E-state index in [2.05, 4.69) is 9.97 Å². The lowest BCUT2D eigenvalue weighted by molar-refractivity contribution is -0.147. The first-order valence-corrected chi connectivity index (χ1v) is 11.9. The van der Waals surface area contributed by atoms with E-state index in [4.69, 9.17) is 0 Å². The van der Waals surface area contributed by atoms with Crippen molar-refractivity contribution >= 4 is 32.1 Å². The van der Waals surface area contributed by atoms with Crippen LogP contribution in [0.4, 0.5) is 13.2 Å². The van der Waals surface area contributed by atoms with Gasteiger partial charge in [0.2, 0.25) is 5.82 Å². The molecule has 0 atom stereocenters. The van der Waals surface area contributed by atoms with Crippen LogP contribution in [0.25, 0.3) is 22.1 Å². The third-order valence-electron chi connectivity index (χ3n) is 6.10. The zero-order chi connectivity index (χ0) is 22.7. The number of halogens is 3. The Labute approximate surface area is 182 Å². The molecule has 3 aromatic heterocycles. The Kier molecular flexibility index (Phi) is 4.81. The lowest BCUT2D eigenvalue weighted by atomic mass is 9.95. The predicted molar refractivity (Wildman–Crippen MR) is 114 cm³/mol. The summed E-state index contributed by atoms with van der Waals surface area (Å²) in [5.74, 6) is -0.956. The number of imidazole rings is 1. The lowest BCUT2D eigenvalue weighted by Crippen LogP contribution is -2.21. The van der Waals surface area contributed by atoms with Crippen molar-refractivity contribution in [2.24, 2.45) is 0 Å². The largest absolute Gasteiger partial charge is 0.449 e. The number of rotatable bonds is 3. The Hall–Kier alpha value is -2.88. The molecule has 10 heteroatoms. The number of aryl methyl sites for hydroxylation is 1. The van der Waals surface area contributed by atoms with E-state index in [1.807, 2.05) is 6.92 Å². The average Bonchev–Trinajstić information content (AvgIpc) is 3.36. The summed E-state index contributed by atoms with van der Waals surface area (Å²) in [7, 11) is -3.96. The molecule has 0 spiro atoms. The van der Waals surface area contributed by atoms with Gasteiger partial charge in [-0.3, -0.25) is 0 Å². The fourth-order valence-electron chi connectivity index (χ4n) is 4.56. The van der Waals surface area contributed by atoms with E-state index < -0.39 is 22.0 Å². The molecule has 1 saturated carbocycles. The van der Waals surface area contributed by atoms with Gasteiger partial charge in [0, 0.05) is 17.6 Å². The molecule has 3 heterocycles. The maximum Gasteiger partial charge on any atom is 0.449 e. The average molecular weight is 462 g/mol. The van der Waals surface area contributed by atoms with E-state index in [0.717, 1.165) is 28.8 Å². The third kappa shape index (κ3) is 3.28. The van der Waals surface area contributed by atoms with E-state index >= 15 is 0 Å². The number of hydrogen-bond donors (Lipinski definition) is 0. The van der Waals surface area contributed by atoms with Crippen molar-refractivity contribution < 1.29 is 21.6 Å². The van der Waals surface area contributed by atoms with Gasteiger partial charge in [-0.25, -0.2) is 22.4 Å². The van der Waals surface area contributed by atoms with E-state index in [9.17, 15) is 21.6 Å². The van der Waals surface area contributed by atoms with Gasteiger partial charge in [0.05, 0.1) is 16.6 Å². The molecule has 0 aliphatic heterocycles. The molecule has 1 aliphatic rings. The smallest absolute Gasteiger partial charge is 0.317 e. The molecule has 168 valence electrons. The Balaban J connectivity index is 1.76. The number of aromatic nitrogens is 4. The lowest BCUT2D eigenvalue weighted by Gasteiger charge is -2.26. The first-order chi connectivity index (χ1) is 15.2. The number of alkyl halides is 3. The van der Waals surface area contributed by atoms with Gasteiger partial charge in [-0.2, -0.15) is 13.2 Å². The molecule has 0 radical (unpaired) electrons. The molecule has 0 unspecified atom stereocenters. The predicted octanol–water partition coefficient (Wildman–Crippen LogP) is 5.46. The highest BCUT2D eigenvalue weighted by molar-refractivity contribution is 7.90. The minimum Gasteiger partial charge on any atom is -0.317 e. The molecular formula is C22H21F3N4O2S. The van der Waals surface area contributed by atoms with Crippen molar-refractivity contribution in [2.45, 2.75) is 56.1 Å². The van der Waals surface area contributed by atoms with Gasteiger partial charge in [-0.1, -0.05) is 37.0 Å². The quantitative estimate of drug-likeness (QED) is 0.406. The first kappa shape index (κ1) is 21.0. The standard InChI is InChI=1S/C22H21F3N4O2S/c1-14-7-9-16(10-8-14)32(30,31)28-12-11-17-19-18(13-26-20(17)28)27-21(22(23,24)25)29(19)15-5-3-2-4-6-15/h7-13,15H,2-6H2,1H3. The first-order valence-electron chi connectivity index (χ1n) is 10.5. The second-order valence-electron chi connectivity index (χ2n) is 8.25. The molecule has 6 nitrogen and oxygen atoms in total. The number of pyridine rings is 1. The summed E-state index contributed by atoms with van der Waals surface area (Å²) in [6, 6.07) is 7.56. The summed E-state index contributed by atoms with van der Waals surface area (Å²) < 4.78 is 70.4. The highest BCUT2D eigenvalue weighted by Gasteiger charge is 2.40. The van der Waals surface area contributed by atoms with E-state index in [-0.39, 0.29) is 27.6 Å². The monoisotopic (exact) mass is 462 g/mol. The molecule has 0 saturated heterocycles. The van der Waals surface area contributed by atoms with Crippen molar-refractivity contribution in [2.75, 3.05) is 0 Å². The van der Waals surface area contributed by atoms with Gasteiger partial charge in [0.15, 0.2) is 5.65 Å². The molecule has 0 bridgehead atoms. The molecular weight excluding hydrogens is 441 g/mol. The molecule has 1 aromatic carbocycles. The van der Waals surface area contributed by atoms with Crippen molar-refractivity contribution in [3.8, 4) is 0 Å². The summed E-state index contributed by atoms with van der Waals surface area (Å²) in [5, 5.41) is 0.340. The van der Waals surface area contributed by atoms with Crippen LogP contribution in [0.3, 0.4) is 0 Å². The fraction of sp³-hybridized carbons (Fsp3) is 0.364. The van der Waals surface area contributed by atoms with Crippen LogP contribution in [-0.2, 0) is 16.2 Å². The topological polar surface area (TPSA) is 69.8 Å². The number of nitrogens with zero attached hydrogens (tertiary/aromatic N) is 4. The van der Waals surface area contributed by atoms with Gasteiger partial charge < -0.3 is 4.57 Å². The second-order valence-corrected chi connectivity index (χ2v) is 10.1. The number of fused-ring (bicyclic) bond motifs is 3. The van der Waals surface area contributed by atoms with Crippen LogP contribution in [0.15, 0.2) is 47.6 Å². The Morgan fingerprint density at radius 3 is 2.38 bits per heavy atom. The van der Waals surface area contributed by atoms with Crippen LogP contribution in [0, 0.1) is 6.92 Å². The van der Waals surface area contributed by atoms with Crippen molar-refractivity contribution in [3.63, 3.8) is 0 Å². The maximum atomic E-state index is 13.9. The molecule has 4 aromatic rings. The Bertz CT molecular complexity index is 1410. The second kappa shape index (κ2) is 7.33. The summed E-state index contributed by atoms with van der Waals surface area (Å²) in [4.78, 5) is 8.15. The summed E-state index contributed by atoms with van der Waals surface area (Å²) in [6.45, 7) is 1.85. The van der Waals surface area contributed by atoms with Crippen molar-refractivity contribution in [1.82, 2.24) is 18.5 Å². The van der Waals surface area contributed by atoms with Gasteiger partial charge in [-0.15, -0.1) is 0 Å². The van der Waals surface area contributed by atoms with Crippen LogP contribution in [-0.4, -0.2) is 26.9 Å².